The van der Waals surface area contributed by atoms with Crippen LogP contribution in [-0.4, -0.2) is 65.9 Å². The topological polar surface area (TPSA) is 135 Å². The normalized spacial score (nSPS) is 13.2. The summed E-state index contributed by atoms with van der Waals surface area (Å²) in [6.07, 6.45) is -3.68. The molecule has 11 nitrogen and oxygen atoms in total. The standard InChI is InChI=1S/C28H31F3N5O6P/c1-6-41-43(5,42-7-2)15-16-8-10-20(22(12-16)40-4)34-27-32-13-19(28(29,30)31)24(35-27)33-21-11-9-17(26(38)39)18-14-36(3)25(37)23(18)21/h8-13H,6-7,14-15H2,1-5H3,(H2-,32,33,34,35,37,38,39)/p+1. The van der Waals surface area contributed by atoms with Gasteiger partial charge in [-0.3, -0.25) is 4.79 Å². The molecule has 0 fully saturated rings. The molecule has 4 rings (SSSR count). The van der Waals surface area contributed by atoms with Gasteiger partial charge >= 0.3 is 12.1 Å². The van der Waals surface area contributed by atoms with E-state index in [2.05, 4.69) is 20.6 Å². The minimum absolute atomic E-state index is 0.0000978. The number of carboxylic acids is 1. The number of aromatic carboxylic acids is 1. The fraction of sp³-hybridized carbons (Fsp3) is 0.357. The molecule has 0 aliphatic carbocycles. The Balaban J connectivity index is 1.69. The van der Waals surface area contributed by atoms with E-state index in [0.29, 0.717) is 37.0 Å². The van der Waals surface area contributed by atoms with Crippen LogP contribution in [0.1, 0.15) is 51.3 Å². The van der Waals surface area contributed by atoms with Crippen molar-refractivity contribution in [2.24, 2.45) is 0 Å². The highest BCUT2D eigenvalue weighted by Gasteiger charge is 2.38. The number of carbonyl (C=O) groups is 2. The van der Waals surface area contributed by atoms with Crippen molar-refractivity contribution in [3.05, 3.63) is 64.3 Å². The molecule has 0 unspecified atom stereocenters. The summed E-state index contributed by atoms with van der Waals surface area (Å²) in [5.74, 6) is -2.19. The third kappa shape index (κ3) is 6.98. The Morgan fingerprint density at radius 1 is 1.12 bits per heavy atom. The number of methoxy groups -OCH3 is 1. The fourth-order valence-corrected chi connectivity index (χ4v) is 7.01. The molecule has 3 aromatic rings. The molecule has 1 amide bonds. The third-order valence-corrected chi connectivity index (χ3v) is 9.18. The summed E-state index contributed by atoms with van der Waals surface area (Å²) < 4.78 is 59.2. The summed E-state index contributed by atoms with van der Waals surface area (Å²) in [4.78, 5) is 33.7. The van der Waals surface area contributed by atoms with Crippen molar-refractivity contribution in [1.29, 1.82) is 0 Å². The van der Waals surface area contributed by atoms with Gasteiger partial charge in [0.2, 0.25) is 5.95 Å². The van der Waals surface area contributed by atoms with Crippen molar-refractivity contribution in [3.8, 4) is 5.75 Å². The van der Waals surface area contributed by atoms with E-state index in [1.807, 2.05) is 26.6 Å². The minimum atomic E-state index is -4.83. The Bertz CT molecular complexity index is 1530. The van der Waals surface area contributed by atoms with Gasteiger partial charge in [0.15, 0.2) is 0 Å². The maximum atomic E-state index is 14.0. The monoisotopic (exact) mass is 622 g/mol. The van der Waals surface area contributed by atoms with Crippen molar-refractivity contribution in [1.82, 2.24) is 14.9 Å². The van der Waals surface area contributed by atoms with Gasteiger partial charge in [0.25, 0.3) is 13.6 Å². The number of carboxylic acid groups (broad SMARTS) is 1. The van der Waals surface area contributed by atoms with Gasteiger partial charge in [-0.1, -0.05) is 6.07 Å². The van der Waals surface area contributed by atoms with E-state index in [1.165, 1.54) is 31.2 Å². The molecule has 0 saturated heterocycles. The number of aromatic nitrogens is 2. The molecule has 0 bridgehead atoms. The predicted octanol–water partition coefficient (Wildman–Crippen LogP) is 6.33. The quantitative estimate of drug-likeness (QED) is 0.197. The molecular weight excluding hydrogens is 590 g/mol. The minimum Gasteiger partial charge on any atom is -0.495 e. The van der Waals surface area contributed by atoms with E-state index in [0.717, 1.165) is 5.56 Å². The number of alkyl halides is 3. The van der Waals surface area contributed by atoms with E-state index in [-0.39, 0.29) is 34.9 Å². The molecule has 0 radical (unpaired) electrons. The zero-order chi connectivity index (χ0) is 31.5. The van der Waals surface area contributed by atoms with Crippen LogP contribution in [0.3, 0.4) is 0 Å². The summed E-state index contributed by atoms with van der Waals surface area (Å²) in [5, 5.41) is 15.0. The number of halogens is 3. The predicted molar refractivity (Wildman–Crippen MR) is 156 cm³/mol. The number of ether oxygens (including phenoxy) is 1. The Morgan fingerprint density at radius 2 is 1.79 bits per heavy atom. The summed E-state index contributed by atoms with van der Waals surface area (Å²) in [7, 11) is 0.768. The number of nitrogens with zero attached hydrogens (tertiary/aromatic N) is 3. The molecule has 43 heavy (non-hydrogen) atoms. The van der Waals surface area contributed by atoms with Crippen molar-refractivity contribution in [3.63, 3.8) is 0 Å². The van der Waals surface area contributed by atoms with E-state index in [4.69, 9.17) is 13.8 Å². The number of amides is 1. The smallest absolute Gasteiger partial charge is 0.421 e. The Labute approximate surface area is 246 Å². The van der Waals surface area contributed by atoms with Crippen LogP contribution >= 0.6 is 7.72 Å². The van der Waals surface area contributed by atoms with Gasteiger partial charge in [0, 0.05) is 25.4 Å². The van der Waals surface area contributed by atoms with Gasteiger partial charge in [0.05, 0.1) is 42.8 Å². The van der Waals surface area contributed by atoms with Crippen LogP contribution in [-0.2, 0) is 27.9 Å². The zero-order valence-electron chi connectivity index (χ0n) is 24.2. The average molecular weight is 623 g/mol. The molecule has 3 N–H and O–H groups in total. The molecular formula is C28H32F3N5O6P+. The molecule has 2 heterocycles. The average Bonchev–Trinajstić information content (AvgIpc) is 3.23. The fourth-order valence-electron chi connectivity index (χ4n) is 4.80. The highest BCUT2D eigenvalue weighted by atomic mass is 31.2. The second-order valence-electron chi connectivity index (χ2n) is 9.73. The number of carbonyl (C=O) groups excluding carboxylic acids is 1. The number of hydrogen-bond donors (Lipinski definition) is 3. The maximum Gasteiger partial charge on any atom is 0.421 e. The number of fused-ring (bicyclic) bond motifs is 1. The zero-order valence-corrected chi connectivity index (χ0v) is 25.1. The third-order valence-electron chi connectivity index (χ3n) is 6.63. The summed E-state index contributed by atoms with van der Waals surface area (Å²) >= 11 is 0. The summed E-state index contributed by atoms with van der Waals surface area (Å²) in [5.41, 5.74) is 0.141. The van der Waals surface area contributed by atoms with Crippen LogP contribution in [0.5, 0.6) is 5.75 Å². The molecule has 0 saturated carbocycles. The lowest BCUT2D eigenvalue weighted by molar-refractivity contribution is -0.137. The van der Waals surface area contributed by atoms with Crippen molar-refractivity contribution in [2.75, 3.05) is 44.7 Å². The molecule has 230 valence electrons. The first-order chi connectivity index (χ1) is 20.3. The van der Waals surface area contributed by atoms with Crippen LogP contribution in [0.15, 0.2) is 36.5 Å². The van der Waals surface area contributed by atoms with Crippen LogP contribution in [0, 0.1) is 0 Å². The number of anilines is 4. The van der Waals surface area contributed by atoms with Crippen LogP contribution < -0.4 is 15.4 Å². The first-order valence-electron chi connectivity index (χ1n) is 13.2. The highest BCUT2D eigenvalue weighted by molar-refractivity contribution is 7.64. The largest absolute Gasteiger partial charge is 0.495 e. The van der Waals surface area contributed by atoms with Crippen molar-refractivity contribution < 1.29 is 41.7 Å². The Kier molecular flexibility index (Phi) is 9.43. The number of nitrogens with one attached hydrogen (secondary N) is 2. The molecule has 0 spiro atoms. The first-order valence-corrected chi connectivity index (χ1v) is 15.5. The van der Waals surface area contributed by atoms with Crippen molar-refractivity contribution in [2.45, 2.75) is 32.7 Å². The van der Waals surface area contributed by atoms with Gasteiger partial charge < -0.3 is 25.4 Å². The molecule has 1 aliphatic heterocycles. The van der Waals surface area contributed by atoms with E-state index in [9.17, 15) is 27.9 Å². The van der Waals surface area contributed by atoms with E-state index < -0.39 is 37.2 Å². The molecule has 2 aromatic carbocycles. The van der Waals surface area contributed by atoms with E-state index >= 15 is 0 Å². The van der Waals surface area contributed by atoms with Gasteiger partial charge in [-0.25, -0.2) is 18.8 Å². The van der Waals surface area contributed by atoms with Gasteiger partial charge in [0.1, 0.15) is 30.0 Å². The highest BCUT2D eigenvalue weighted by Crippen LogP contribution is 2.60. The van der Waals surface area contributed by atoms with Gasteiger partial charge in [-0.2, -0.15) is 18.2 Å². The lowest BCUT2D eigenvalue weighted by Gasteiger charge is -2.20. The van der Waals surface area contributed by atoms with Crippen LogP contribution in [0.4, 0.5) is 36.3 Å². The van der Waals surface area contributed by atoms with Gasteiger partial charge in [-0.15, -0.1) is 0 Å². The van der Waals surface area contributed by atoms with Crippen LogP contribution in [0.2, 0.25) is 0 Å². The summed E-state index contributed by atoms with van der Waals surface area (Å²) in [6, 6.07) is 7.77. The van der Waals surface area contributed by atoms with E-state index in [1.54, 1.807) is 12.1 Å². The van der Waals surface area contributed by atoms with Crippen LogP contribution in [0.25, 0.3) is 0 Å². The molecule has 1 aliphatic rings. The van der Waals surface area contributed by atoms with Crippen molar-refractivity contribution >= 4 is 42.7 Å². The SMILES string of the molecule is CCO[P+](C)(Cc1ccc(Nc2ncc(C(F)(F)F)c(Nc3ccc(C(=O)O)c4c3C(=O)N(C)C4)n2)c(OC)c1)OCC. The number of rotatable bonds is 12. The first kappa shape index (κ1) is 31.9. The molecule has 1 aromatic heterocycles. The molecule has 15 heteroatoms. The summed E-state index contributed by atoms with van der Waals surface area (Å²) in [6.45, 7) is 6.74. The Morgan fingerprint density at radius 3 is 2.40 bits per heavy atom. The lowest BCUT2D eigenvalue weighted by Crippen LogP contribution is -2.18. The second kappa shape index (κ2) is 12.7. The second-order valence-corrected chi connectivity index (χ2v) is 12.6. The molecule has 0 atom stereocenters. The van der Waals surface area contributed by atoms with Gasteiger partial charge in [-0.05, 0) is 43.7 Å². The maximum absolute atomic E-state index is 14.0. The Hall–Kier alpha value is -4.00. The number of benzene rings is 2. The lowest BCUT2D eigenvalue weighted by atomic mass is 10.0. The number of hydrogen-bond acceptors (Lipinski definition) is 9.